The number of nitrogens with zero attached hydrogens (tertiary/aromatic N) is 2. The second-order valence-corrected chi connectivity index (χ2v) is 10.6. The van der Waals surface area contributed by atoms with Crippen LogP contribution in [0.1, 0.15) is 46.1 Å². The minimum absolute atomic E-state index is 0.0296. The molecule has 0 radical (unpaired) electrons. The van der Waals surface area contributed by atoms with E-state index in [2.05, 4.69) is 0 Å². The Morgan fingerprint density at radius 2 is 1.78 bits per heavy atom. The van der Waals surface area contributed by atoms with Crippen molar-refractivity contribution in [2.75, 3.05) is 0 Å². The summed E-state index contributed by atoms with van der Waals surface area (Å²) < 4.78 is 1.69. The van der Waals surface area contributed by atoms with E-state index < -0.39 is 0 Å². The summed E-state index contributed by atoms with van der Waals surface area (Å²) in [5.74, 6) is 0.0365. The molecule has 0 amide bonds. The lowest BCUT2D eigenvalue weighted by molar-refractivity contribution is 0.0994. The molecule has 0 bridgehead atoms. The van der Waals surface area contributed by atoms with Crippen molar-refractivity contribution in [1.82, 2.24) is 9.55 Å². The van der Waals surface area contributed by atoms with Gasteiger partial charge in [-0.2, -0.15) is 0 Å². The predicted molar refractivity (Wildman–Crippen MR) is 133 cm³/mol. The lowest BCUT2D eigenvalue weighted by Crippen LogP contribution is -2.24. The Morgan fingerprint density at radius 3 is 2.53 bits per heavy atom. The fourth-order valence-corrected chi connectivity index (χ4v) is 6.54. The van der Waals surface area contributed by atoms with Crippen molar-refractivity contribution in [3.05, 3.63) is 86.5 Å². The van der Waals surface area contributed by atoms with E-state index in [-0.39, 0.29) is 16.6 Å². The zero-order valence-electron chi connectivity index (χ0n) is 18.1. The molecule has 0 unspecified atom stereocenters. The lowest BCUT2D eigenvalue weighted by atomic mass is 9.97. The van der Waals surface area contributed by atoms with Crippen LogP contribution in [-0.2, 0) is 12.8 Å². The molecule has 1 aliphatic rings. The average molecular weight is 461 g/mol. The summed E-state index contributed by atoms with van der Waals surface area (Å²) in [4.78, 5) is 33.9. The Morgan fingerprint density at radius 1 is 1.06 bits per heavy atom. The number of ketones is 1. The summed E-state index contributed by atoms with van der Waals surface area (Å²) in [7, 11) is 0. The van der Waals surface area contributed by atoms with Crippen LogP contribution in [0.25, 0.3) is 15.9 Å². The molecule has 0 N–H and O–H groups in total. The molecule has 6 heteroatoms. The maximum atomic E-state index is 13.8. The zero-order valence-corrected chi connectivity index (χ0v) is 19.8. The number of fused-ring (bicyclic) bond motifs is 3. The lowest BCUT2D eigenvalue weighted by Gasteiger charge is -2.16. The molecule has 5 rings (SSSR count). The highest BCUT2D eigenvalue weighted by Crippen LogP contribution is 2.36. The Hall–Kier alpha value is -2.70. The molecule has 0 spiro atoms. The van der Waals surface area contributed by atoms with Crippen molar-refractivity contribution in [3.8, 4) is 5.69 Å². The molecule has 2 aromatic carbocycles. The Kier molecular flexibility index (Phi) is 5.74. The minimum atomic E-state index is -0.369. The first-order valence-electron chi connectivity index (χ1n) is 10.9. The summed E-state index contributed by atoms with van der Waals surface area (Å²) in [5, 5.41) is 0.960. The van der Waals surface area contributed by atoms with Crippen LogP contribution in [0.4, 0.5) is 0 Å². The molecule has 0 fully saturated rings. The van der Waals surface area contributed by atoms with Crippen molar-refractivity contribution < 1.29 is 4.79 Å². The average Bonchev–Trinajstić information content (AvgIpc) is 3.18. The number of thioether (sulfide) groups is 1. The quantitative estimate of drug-likeness (QED) is 0.208. The van der Waals surface area contributed by atoms with E-state index in [0.29, 0.717) is 10.7 Å². The first kappa shape index (κ1) is 21.2. The molecular weight excluding hydrogens is 436 g/mol. The van der Waals surface area contributed by atoms with Crippen molar-refractivity contribution >= 4 is 39.1 Å². The fraction of sp³-hybridized carbons (Fsp3) is 0.269. The maximum Gasteiger partial charge on any atom is 0.267 e. The number of carbonyl (C=O) groups excluding carboxylic acids is 1. The zero-order chi connectivity index (χ0) is 22.2. The summed E-state index contributed by atoms with van der Waals surface area (Å²) >= 11 is 3.00. The standard InChI is InChI=1S/C26H24N2O2S2/c1-16-12-14-18(15-13-16)23(29)17(2)31-26-27-24-22(20-10-6-7-11-21(20)32-24)25(30)28(26)19-8-4-3-5-9-19/h3-5,8-9,12-15,17H,6-7,10-11H2,1-2H3/t17-/m1/s1. The highest BCUT2D eigenvalue weighted by atomic mass is 32.2. The highest BCUT2D eigenvalue weighted by Gasteiger charge is 2.25. The topological polar surface area (TPSA) is 52.0 Å². The Bertz CT molecular complexity index is 1350. The predicted octanol–water partition coefficient (Wildman–Crippen LogP) is 6.00. The van der Waals surface area contributed by atoms with E-state index in [9.17, 15) is 9.59 Å². The molecule has 1 aliphatic carbocycles. The molecule has 4 aromatic rings. The van der Waals surface area contributed by atoms with Crippen LogP contribution in [0.2, 0.25) is 0 Å². The minimum Gasteiger partial charge on any atom is -0.293 e. The number of rotatable bonds is 5. The molecule has 32 heavy (non-hydrogen) atoms. The number of thiophene rings is 1. The summed E-state index contributed by atoms with van der Waals surface area (Å²) in [6, 6.07) is 17.2. The van der Waals surface area contributed by atoms with Crippen LogP contribution in [0.15, 0.2) is 64.5 Å². The smallest absolute Gasteiger partial charge is 0.267 e. The fourth-order valence-electron chi connectivity index (χ4n) is 4.23. The molecule has 0 aliphatic heterocycles. The van der Waals surface area contributed by atoms with Gasteiger partial charge < -0.3 is 0 Å². The van der Waals surface area contributed by atoms with Crippen LogP contribution in [-0.4, -0.2) is 20.6 Å². The van der Waals surface area contributed by atoms with E-state index in [1.54, 1.807) is 15.9 Å². The van der Waals surface area contributed by atoms with Gasteiger partial charge in [-0.1, -0.05) is 59.8 Å². The van der Waals surface area contributed by atoms with Gasteiger partial charge in [-0.3, -0.25) is 14.2 Å². The SMILES string of the molecule is Cc1ccc(C(=O)[C@@H](C)Sc2nc3sc4c(c3c(=O)n2-c2ccccc2)CCCC4)cc1. The van der Waals surface area contributed by atoms with Gasteiger partial charge in [-0.15, -0.1) is 11.3 Å². The number of Topliss-reactive ketones (excluding diaryl/α,β-unsaturated/α-hetero) is 1. The van der Waals surface area contributed by atoms with Crippen molar-refractivity contribution in [2.45, 2.75) is 49.9 Å². The number of aromatic nitrogens is 2. The van der Waals surface area contributed by atoms with Crippen LogP contribution < -0.4 is 5.56 Å². The maximum absolute atomic E-state index is 13.8. The number of para-hydroxylation sites is 1. The molecule has 0 saturated heterocycles. The molecule has 2 aromatic heterocycles. The van der Waals surface area contributed by atoms with Crippen LogP contribution in [0, 0.1) is 6.92 Å². The largest absolute Gasteiger partial charge is 0.293 e. The van der Waals surface area contributed by atoms with Gasteiger partial charge in [0, 0.05) is 10.4 Å². The van der Waals surface area contributed by atoms with Gasteiger partial charge in [0.2, 0.25) is 0 Å². The van der Waals surface area contributed by atoms with Gasteiger partial charge in [0.05, 0.1) is 16.3 Å². The second-order valence-electron chi connectivity index (χ2n) is 8.25. The third-order valence-electron chi connectivity index (χ3n) is 5.96. The van der Waals surface area contributed by atoms with Crippen molar-refractivity contribution in [3.63, 3.8) is 0 Å². The number of hydrogen-bond donors (Lipinski definition) is 0. The Balaban J connectivity index is 1.62. The van der Waals surface area contributed by atoms with Crippen LogP contribution in [0.5, 0.6) is 0 Å². The van der Waals surface area contributed by atoms with E-state index in [1.165, 1.54) is 22.2 Å². The summed E-state index contributed by atoms with van der Waals surface area (Å²) in [6.07, 6.45) is 4.24. The van der Waals surface area contributed by atoms with Crippen LogP contribution >= 0.6 is 23.1 Å². The van der Waals surface area contributed by atoms with Gasteiger partial charge in [0.25, 0.3) is 5.56 Å². The van der Waals surface area contributed by atoms with E-state index in [4.69, 9.17) is 4.98 Å². The normalized spacial score (nSPS) is 14.3. The second kappa shape index (κ2) is 8.68. The number of aryl methyl sites for hydroxylation is 3. The third kappa shape index (κ3) is 3.82. The van der Waals surface area contributed by atoms with E-state index in [1.807, 2.05) is 68.4 Å². The summed E-state index contributed by atoms with van der Waals surface area (Å²) in [6.45, 7) is 3.89. The first-order valence-corrected chi connectivity index (χ1v) is 12.6. The molecule has 0 saturated carbocycles. The van der Waals surface area contributed by atoms with Gasteiger partial charge in [-0.25, -0.2) is 4.98 Å². The monoisotopic (exact) mass is 460 g/mol. The van der Waals surface area contributed by atoms with E-state index in [0.717, 1.165) is 47.2 Å². The first-order chi connectivity index (χ1) is 15.5. The molecule has 2 heterocycles. The summed E-state index contributed by atoms with van der Waals surface area (Å²) in [5.41, 5.74) is 3.72. The highest BCUT2D eigenvalue weighted by molar-refractivity contribution is 8.00. The third-order valence-corrected chi connectivity index (χ3v) is 8.20. The Labute approximate surface area is 195 Å². The van der Waals surface area contributed by atoms with E-state index >= 15 is 0 Å². The number of hydrogen-bond acceptors (Lipinski definition) is 5. The van der Waals surface area contributed by atoms with Crippen molar-refractivity contribution in [2.24, 2.45) is 0 Å². The van der Waals surface area contributed by atoms with Gasteiger partial charge in [-0.05, 0) is 57.2 Å². The molecule has 1 atom stereocenters. The van der Waals surface area contributed by atoms with Crippen LogP contribution in [0.3, 0.4) is 0 Å². The van der Waals surface area contributed by atoms with Gasteiger partial charge in [0.1, 0.15) is 4.83 Å². The number of benzene rings is 2. The van der Waals surface area contributed by atoms with Gasteiger partial charge in [0.15, 0.2) is 10.9 Å². The molecule has 4 nitrogen and oxygen atoms in total. The van der Waals surface area contributed by atoms with Gasteiger partial charge >= 0.3 is 0 Å². The molecular formula is C26H24N2O2S2. The van der Waals surface area contributed by atoms with Crippen molar-refractivity contribution in [1.29, 1.82) is 0 Å². The number of carbonyl (C=O) groups is 1. The molecule has 162 valence electrons.